The Morgan fingerprint density at radius 2 is 2.12 bits per heavy atom. The molecule has 26 heavy (non-hydrogen) atoms. The van der Waals surface area contributed by atoms with E-state index >= 15 is 0 Å². The van der Waals surface area contributed by atoms with Gasteiger partial charge in [-0.3, -0.25) is 5.43 Å². The van der Waals surface area contributed by atoms with E-state index in [1.165, 1.54) is 6.21 Å². The van der Waals surface area contributed by atoms with Crippen LogP contribution in [0.2, 0.25) is 10.0 Å². The molecule has 1 aliphatic heterocycles. The molecule has 0 unspecified atom stereocenters. The SMILES string of the molecule is O=S1(=O)CC[C@H](NC(=S)N/N=C\c2ccc(-c3ccc(Cl)cc3Cl)o2)C1. The lowest BCUT2D eigenvalue weighted by Crippen LogP contribution is -2.40. The highest BCUT2D eigenvalue weighted by molar-refractivity contribution is 7.91. The zero-order valence-corrected chi connectivity index (χ0v) is 16.6. The number of thiocarbonyl (C=S) groups is 1. The molecule has 0 aliphatic carbocycles. The molecule has 1 aromatic carbocycles. The molecule has 0 radical (unpaired) electrons. The summed E-state index contributed by atoms with van der Waals surface area (Å²) in [6.45, 7) is 0. The molecule has 0 amide bonds. The fourth-order valence-corrected chi connectivity index (χ4v) is 4.93. The molecule has 1 aliphatic rings. The molecule has 0 saturated carbocycles. The predicted molar refractivity (Wildman–Crippen MR) is 108 cm³/mol. The van der Waals surface area contributed by atoms with Crippen LogP contribution in [0.3, 0.4) is 0 Å². The molecule has 1 fully saturated rings. The van der Waals surface area contributed by atoms with Crippen LogP contribution in [0.15, 0.2) is 39.9 Å². The summed E-state index contributed by atoms with van der Waals surface area (Å²) in [5.74, 6) is 1.36. The zero-order valence-electron chi connectivity index (χ0n) is 13.4. The number of furan rings is 1. The van der Waals surface area contributed by atoms with Crippen molar-refractivity contribution in [1.82, 2.24) is 10.7 Å². The molecule has 6 nitrogen and oxygen atoms in total. The van der Waals surface area contributed by atoms with E-state index in [-0.39, 0.29) is 22.7 Å². The molecular formula is C16H15Cl2N3O3S2. The predicted octanol–water partition coefficient (Wildman–Crippen LogP) is 3.24. The average Bonchev–Trinajstić information content (AvgIpc) is 3.14. The lowest BCUT2D eigenvalue weighted by molar-refractivity contribution is 0.574. The smallest absolute Gasteiger partial charge is 0.187 e. The molecule has 2 heterocycles. The maximum atomic E-state index is 11.4. The molecule has 2 aromatic rings. The van der Waals surface area contributed by atoms with E-state index in [1.54, 1.807) is 30.3 Å². The summed E-state index contributed by atoms with van der Waals surface area (Å²) >= 11 is 17.2. The number of hydrazone groups is 1. The van der Waals surface area contributed by atoms with Crippen molar-refractivity contribution < 1.29 is 12.8 Å². The number of hydrogen-bond acceptors (Lipinski definition) is 5. The van der Waals surface area contributed by atoms with Gasteiger partial charge in [-0.1, -0.05) is 23.2 Å². The first-order chi connectivity index (χ1) is 12.3. The second-order valence-corrected chi connectivity index (χ2v) is 9.25. The largest absolute Gasteiger partial charge is 0.455 e. The third kappa shape index (κ3) is 4.97. The summed E-state index contributed by atoms with van der Waals surface area (Å²) in [7, 11) is -2.96. The second-order valence-electron chi connectivity index (χ2n) is 5.77. The number of rotatable bonds is 4. The number of hydrogen-bond donors (Lipinski definition) is 2. The first-order valence-corrected chi connectivity index (χ1v) is 10.7. The van der Waals surface area contributed by atoms with Crippen molar-refractivity contribution in [2.75, 3.05) is 11.5 Å². The quantitative estimate of drug-likeness (QED) is 0.439. The number of benzene rings is 1. The highest BCUT2D eigenvalue weighted by Gasteiger charge is 2.28. The standard InChI is InChI=1S/C16H15Cl2N3O3S2/c17-10-1-3-13(14(18)7-10)15-4-2-12(24-15)8-19-21-16(25)20-11-5-6-26(22,23)9-11/h1-4,7-8,11H,5-6,9H2,(H2,20,21,25)/b19-8-/t11-/m0/s1. The summed E-state index contributed by atoms with van der Waals surface area (Å²) in [5, 5.41) is 8.22. The van der Waals surface area contributed by atoms with Crippen LogP contribution >= 0.6 is 35.4 Å². The Morgan fingerprint density at radius 1 is 1.31 bits per heavy atom. The van der Waals surface area contributed by atoms with Gasteiger partial charge in [0.1, 0.15) is 11.5 Å². The van der Waals surface area contributed by atoms with Crippen LogP contribution in [0, 0.1) is 0 Å². The van der Waals surface area contributed by atoms with E-state index in [4.69, 9.17) is 39.8 Å². The molecule has 1 atom stereocenters. The molecule has 1 saturated heterocycles. The summed E-state index contributed by atoms with van der Waals surface area (Å²) in [6.07, 6.45) is 2.00. The van der Waals surface area contributed by atoms with Gasteiger partial charge >= 0.3 is 0 Å². The Morgan fingerprint density at radius 3 is 2.81 bits per heavy atom. The highest BCUT2D eigenvalue weighted by Crippen LogP contribution is 2.31. The number of halogens is 2. The lowest BCUT2D eigenvalue weighted by atomic mass is 10.2. The van der Waals surface area contributed by atoms with Gasteiger partial charge in [-0.15, -0.1) is 0 Å². The van der Waals surface area contributed by atoms with Crippen molar-refractivity contribution in [1.29, 1.82) is 0 Å². The van der Waals surface area contributed by atoms with E-state index < -0.39 is 9.84 Å². The van der Waals surface area contributed by atoms with Gasteiger partial charge in [0.2, 0.25) is 0 Å². The molecule has 0 bridgehead atoms. The van der Waals surface area contributed by atoms with Crippen molar-refractivity contribution >= 4 is 56.6 Å². The average molecular weight is 432 g/mol. The Hall–Kier alpha value is -1.61. The van der Waals surface area contributed by atoms with Crippen LogP contribution < -0.4 is 10.7 Å². The molecule has 2 N–H and O–H groups in total. The minimum Gasteiger partial charge on any atom is -0.455 e. The second kappa shape index (κ2) is 7.96. The molecule has 10 heteroatoms. The van der Waals surface area contributed by atoms with Crippen LogP contribution in [0.1, 0.15) is 12.2 Å². The maximum absolute atomic E-state index is 11.4. The fourth-order valence-electron chi connectivity index (χ4n) is 2.54. The van der Waals surface area contributed by atoms with Gasteiger partial charge in [-0.05, 0) is 49.0 Å². The van der Waals surface area contributed by atoms with Gasteiger partial charge in [0.15, 0.2) is 14.9 Å². The Bertz CT molecular complexity index is 957. The van der Waals surface area contributed by atoms with Gasteiger partial charge in [-0.25, -0.2) is 8.42 Å². The van der Waals surface area contributed by atoms with E-state index in [0.717, 1.165) is 5.56 Å². The van der Waals surface area contributed by atoms with Gasteiger partial charge in [0, 0.05) is 16.6 Å². The van der Waals surface area contributed by atoms with Crippen LogP contribution in [-0.2, 0) is 9.84 Å². The Labute approximate surface area is 166 Å². The molecule has 138 valence electrons. The van der Waals surface area contributed by atoms with Crippen molar-refractivity contribution in [2.24, 2.45) is 5.10 Å². The minimum atomic E-state index is -2.96. The zero-order chi connectivity index (χ0) is 18.7. The van der Waals surface area contributed by atoms with E-state index in [2.05, 4.69) is 15.8 Å². The molecule has 0 spiro atoms. The minimum absolute atomic E-state index is 0.0852. The van der Waals surface area contributed by atoms with Gasteiger partial charge < -0.3 is 9.73 Å². The Balaban J connectivity index is 1.56. The normalized spacial score (nSPS) is 18.9. The molecule has 3 rings (SSSR count). The first kappa shape index (κ1) is 19.2. The van der Waals surface area contributed by atoms with Crippen molar-refractivity contribution in [2.45, 2.75) is 12.5 Å². The van der Waals surface area contributed by atoms with Crippen LogP contribution in [-0.4, -0.2) is 37.3 Å². The maximum Gasteiger partial charge on any atom is 0.187 e. The number of nitrogens with one attached hydrogen (secondary N) is 2. The van der Waals surface area contributed by atoms with Crippen molar-refractivity contribution in [3.8, 4) is 11.3 Å². The van der Waals surface area contributed by atoms with Crippen LogP contribution in [0.5, 0.6) is 0 Å². The third-order valence-electron chi connectivity index (χ3n) is 3.75. The number of nitrogens with zero attached hydrogens (tertiary/aromatic N) is 1. The van der Waals surface area contributed by atoms with Crippen molar-refractivity contribution in [3.63, 3.8) is 0 Å². The van der Waals surface area contributed by atoms with E-state index in [0.29, 0.717) is 28.0 Å². The Kier molecular flexibility index (Phi) is 5.86. The van der Waals surface area contributed by atoms with Gasteiger partial charge in [0.25, 0.3) is 0 Å². The summed E-state index contributed by atoms with van der Waals surface area (Å²) in [6, 6.07) is 8.48. The molecule has 1 aromatic heterocycles. The van der Waals surface area contributed by atoms with Crippen LogP contribution in [0.25, 0.3) is 11.3 Å². The monoisotopic (exact) mass is 431 g/mol. The summed E-state index contributed by atoms with van der Waals surface area (Å²) in [4.78, 5) is 0. The number of sulfone groups is 1. The van der Waals surface area contributed by atoms with Gasteiger partial charge in [0.05, 0.1) is 22.7 Å². The summed E-state index contributed by atoms with van der Waals surface area (Å²) < 4.78 is 28.5. The lowest BCUT2D eigenvalue weighted by Gasteiger charge is -2.11. The third-order valence-corrected chi connectivity index (χ3v) is 6.27. The highest BCUT2D eigenvalue weighted by atomic mass is 35.5. The van der Waals surface area contributed by atoms with Crippen LogP contribution in [0.4, 0.5) is 0 Å². The molecular weight excluding hydrogens is 417 g/mol. The van der Waals surface area contributed by atoms with E-state index in [9.17, 15) is 8.42 Å². The topological polar surface area (TPSA) is 83.7 Å². The first-order valence-electron chi connectivity index (χ1n) is 7.68. The summed E-state index contributed by atoms with van der Waals surface area (Å²) in [5.41, 5.74) is 3.37. The van der Waals surface area contributed by atoms with E-state index in [1.807, 2.05) is 0 Å². The fraction of sp³-hybridized carbons (Fsp3) is 0.250. The van der Waals surface area contributed by atoms with Gasteiger partial charge in [-0.2, -0.15) is 5.10 Å². The van der Waals surface area contributed by atoms with Crippen molar-refractivity contribution in [3.05, 3.63) is 46.1 Å².